The zero-order chi connectivity index (χ0) is 14.1. The van der Waals surface area contributed by atoms with Gasteiger partial charge in [0.1, 0.15) is 11.6 Å². The Kier molecular flexibility index (Phi) is 2.90. The molecule has 1 aromatic heterocycles. The summed E-state index contributed by atoms with van der Waals surface area (Å²) >= 11 is 0. The minimum Gasteiger partial charge on any atom is -0.398 e. The van der Waals surface area contributed by atoms with Gasteiger partial charge in [0, 0.05) is 11.3 Å². The number of nitrogen functional groups attached to an aromatic ring is 1. The van der Waals surface area contributed by atoms with Gasteiger partial charge in [-0.25, -0.2) is 8.78 Å². The van der Waals surface area contributed by atoms with Crippen molar-refractivity contribution in [3.63, 3.8) is 0 Å². The van der Waals surface area contributed by atoms with Crippen LogP contribution in [0.25, 0.3) is 22.8 Å². The minimum atomic E-state index is -0.448. The van der Waals surface area contributed by atoms with Crippen LogP contribution in [-0.4, -0.2) is 10.1 Å². The van der Waals surface area contributed by atoms with E-state index in [1.54, 1.807) is 0 Å². The topological polar surface area (TPSA) is 64.9 Å². The van der Waals surface area contributed by atoms with E-state index in [0.717, 1.165) is 0 Å². The lowest BCUT2D eigenvalue weighted by Crippen LogP contribution is -1.91. The van der Waals surface area contributed by atoms with E-state index < -0.39 is 5.82 Å². The lowest BCUT2D eigenvalue weighted by Gasteiger charge is -1.99. The number of nitrogens with two attached hydrogens (primary N) is 1. The summed E-state index contributed by atoms with van der Waals surface area (Å²) in [6.45, 7) is 0. The maximum atomic E-state index is 13.2. The Hall–Kier alpha value is -2.76. The molecule has 0 aliphatic heterocycles. The van der Waals surface area contributed by atoms with Gasteiger partial charge in [-0.3, -0.25) is 0 Å². The summed E-state index contributed by atoms with van der Waals surface area (Å²) in [6.07, 6.45) is 0. The Labute approximate surface area is 112 Å². The number of halogens is 2. The third-order valence-electron chi connectivity index (χ3n) is 2.77. The number of hydrogen-bond donors (Lipinski definition) is 1. The Bertz CT molecular complexity index is 753. The average Bonchev–Trinajstić information content (AvgIpc) is 2.92. The van der Waals surface area contributed by atoms with Crippen LogP contribution in [-0.2, 0) is 0 Å². The van der Waals surface area contributed by atoms with Crippen molar-refractivity contribution in [3.8, 4) is 22.8 Å². The highest BCUT2D eigenvalue weighted by molar-refractivity contribution is 5.71. The summed E-state index contributed by atoms with van der Waals surface area (Å²) in [5, 5.41) is 3.78. The van der Waals surface area contributed by atoms with E-state index >= 15 is 0 Å². The Morgan fingerprint density at radius 1 is 0.950 bits per heavy atom. The molecule has 3 aromatic rings. The maximum absolute atomic E-state index is 13.2. The van der Waals surface area contributed by atoms with Crippen molar-refractivity contribution in [1.82, 2.24) is 10.1 Å². The number of hydrogen-bond acceptors (Lipinski definition) is 4. The Morgan fingerprint density at radius 2 is 1.65 bits per heavy atom. The molecule has 0 saturated carbocycles. The molecule has 0 saturated heterocycles. The second-order valence-electron chi connectivity index (χ2n) is 4.16. The third-order valence-corrected chi connectivity index (χ3v) is 2.77. The van der Waals surface area contributed by atoms with Crippen LogP contribution in [0.2, 0.25) is 0 Å². The van der Waals surface area contributed by atoms with Crippen LogP contribution in [0.4, 0.5) is 14.5 Å². The van der Waals surface area contributed by atoms with Crippen molar-refractivity contribution < 1.29 is 13.3 Å². The van der Waals surface area contributed by atoms with E-state index in [4.69, 9.17) is 10.3 Å². The summed E-state index contributed by atoms with van der Waals surface area (Å²) < 4.78 is 31.1. The van der Waals surface area contributed by atoms with Crippen LogP contribution >= 0.6 is 0 Å². The second-order valence-corrected chi connectivity index (χ2v) is 4.16. The highest BCUT2D eigenvalue weighted by atomic mass is 19.1. The SMILES string of the molecule is Nc1ccc(F)cc1-c1nc(-c2ccc(F)cc2)no1. The maximum Gasteiger partial charge on any atom is 0.260 e. The van der Waals surface area contributed by atoms with Crippen LogP contribution < -0.4 is 5.73 Å². The molecule has 20 heavy (non-hydrogen) atoms. The minimum absolute atomic E-state index is 0.112. The van der Waals surface area contributed by atoms with Crippen molar-refractivity contribution in [2.45, 2.75) is 0 Å². The molecule has 0 bridgehead atoms. The van der Waals surface area contributed by atoms with Gasteiger partial charge in [0.15, 0.2) is 0 Å². The van der Waals surface area contributed by atoms with Crippen molar-refractivity contribution in [1.29, 1.82) is 0 Å². The first-order valence-electron chi connectivity index (χ1n) is 5.78. The first-order valence-corrected chi connectivity index (χ1v) is 5.78. The van der Waals surface area contributed by atoms with Crippen molar-refractivity contribution in [3.05, 3.63) is 54.1 Å². The predicted molar refractivity (Wildman–Crippen MR) is 69.5 cm³/mol. The molecule has 0 radical (unpaired) electrons. The van der Waals surface area contributed by atoms with Gasteiger partial charge in [0.05, 0.1) is 5.56 Å². The van der Waals surface area contributed by atoms with Gasteiger partial charge in [-0.1, -0.05) is 5.16 Å². The molecule has 2 N–H and O–H groups in total. The normalized spacial score (nSPS) is 10.7. The van der Waals surface area contributed by atoms with Gasteiger partial charge in [-0.15, -0.1) is 0 Å². The Morgan fingerprint density at radius 3 is 2.40 bits per heavy atom. The lowest BCUT2D eigenvalue weighted by atomic mass is 10.1. The summed E-state index contributed by atoms with van der Waals surface area (Å²) in [5.74, 6) is -0.410. The number of rotatable bonds is 2. The Balaban J connectivity index is 2.01. The number of aromatic nitrogens is 2. The monoisotopic (exact) mass is 273 g/mol. The van der Waals surface area contributed by atoms with Gasteiger partial charge in [0.2, 0.25) is 5.82 Å². The summed E-state index contributed by atoms with van der Waals surface area (Å²) in [6, 6.07) is 9.53. The molecule has 0 aliphatic rings. The molecule has 0 atom stereocenters. The van der Waals surface area contributed by atoms with Crippen molar-refractivity contribution >= 4 is 5.69 Å². The van der Waals surface area contributed by atoms with E-state index in [9.17, 15) is 8.78 Å². The summed E-state index contributed by atoms with van der Waals surface area (Å²) in [5.41, 5.74) is 7.00. The van der Waals surface area contributed by atoms with E-state index in [1.807, 2.05) is 0 Å². The van der Waals surface area contributed by atoms with Crippen LogP contribution in [0.15, 0.2) is 47.0 Å². The highest BCUT2D eigenvalue weighted by Gasteiger charge is 2.13. The average molecular weight is 273 g/mol. The van der Waals surface area contributed by atoms with Crippen LogP contribution in [0.1, 0.15) is 0 Å². The largest absolute Gasteiger partial charge is 0.398 e. The van der Waals surface area contributed by atoms with E-state index in [-0.39, 0.29) is 17.5 Å². The number of nitrogens with zero attached hydrogens (tertiary/aromatic N) is 2. The lowest BCUT2D eigenvalue weighted by molar-refractivity contribution is 0.432. The molecule has 2 aromatic carbocycles. The van der Waals surface area contributed by atoms with Crippen molar-refractivity contribution in [2.75, 3.05) is 5.73 Å². The zero-order valence-electron chi connectivity index (χ0n) is 10.2. The molecule has 100 valence electrons. The van der Waals surface area contributed by atoms with E-state index in [0.29, 0.717) is 16.8 Å². The van der Waals surface area contributed by atoms with E-state index in [2.05, 4.69) is 10.1 Å². The third kappa shape index (κ3) is 2.23. The van der Waals surface area contributed by atoms with Gasteiger partial charge in [-0.05, 0) is 42.5 Å². The first-order chi connectivity index (χ1) is 9.63. The molecular weight excluding hydrogens is 264 g/mol. The van der Waals surface area contributed by atoms with Gasteiger partial charge in [0.25, 0.3) is 5.89 Å². The second kappa shape index (κ2) is 4.73. The molecule has 0 unspecified atom stereocenters. The summed E-state index contributed by atoms with van der Waals surface area (Å²) in [4.78, 5) is 4.14. The zero-order valence-corrected chi connectivity index (χ0v) is 10.2. The smallest absolute Gasteiger partial charge is 0.260 e. The first kappa shape index (κ1) is 12.3. The fraction of sp³-hybridized carbons (Fsp3) is 0. The highest BCUT2D eigenvalue weighted by Crippen LogP contribution is 2.27. The molecule has 1 heterocycles. The van der Waals surface area contributed by atoms with Crippen LogP contribution in [0.5, 0.6) is 0 Å². The molecule has 0 spiro atoms. The molecule has 0 amide bonds. The van der Waals surface area contributed by atoms with Gasteiger partial charge in [-0.2, -0.15) is 4.98 Å². The predicted octanol–water partition coefficient (Wildman–Crippen LogP) is 3.26. The quantitative estimate of drug-likeness (QED) is 0.728. The molecular formula is C14H9F2N3O. The van der Waals surface area contributed by atoms with E-state index in [1.165, 1.54) is 42.5 Å². The summed E-state index contributed by atoms with van der Waals surface area (Å²) in [7, 11) is 0. The molecule has 4 nitrogen and oxygen atoms in total. The number of benzene rings is 2. The van der Waals surface area contributed by atoms with Crippen molar-refractivity contribution in [2.24, 2.45) is 0 Å². The molecule has 3 rings (SSSR count). The van der Waals surface area contributed by atoms with Gasteiger partial charge >= 0.3 is 0 Å². The van der Waals surface area contributed by atoms with Crippen LogP contribution in [0.3, 0.4) is 0 Å². The fourth-order valence-electron chi connectivity index (χ4n) is 1.76. The standard InChI is InChI=1S/C14H9F2N3O/c15-9-3-1-8(2-4-9)13-18-14(20-19-13)11-7-10(16)5-6-12(11)17/h1-7H,17H2. The van der Waals surface area contributed by atoms with Crippen LogP contribution in [0, 0.1) is 11.6 Å². The molecule has 0 aliphatic carbocycles. The number of anilines is 1. The molecule has 6 heteroatoms. The van der Waals surface area contributed by atoms with Gasteiger partial charge < -0.3 is 10.3 Å². The fourth-order valence-corrected chi connectivity index (χ4v) is 1.76. The molecule has 0 fully saturated rings.